The van der Waals surface area contributed by atoms with Gasteiger partial charge in [-0.3, -0.25) is 14.3 Å². The van der Waals surface area contributed by atoms with Crippen molar-refractivity contribution in [3.63, 3.8) is 0 Å². The number of hydrogen-bond acceptors (Lipinski definition) is 4. The van der Waals surface area contributed by atoms with E-state index in [1.165, 1.54) is 31.2 Å². The number of sulfonamides is 1. The van der Waals surface area contributed by atoms with E-state index in [9.17, 15) is 18.0 Å². The van der Waals surface area contributed by atoms with E-state index in [1.54, 1.807) is 29.2 Å². The van der Waals surface area contributed by atoms with Crippen LogP contribution in [-0.2, 0) is 14.8 Å². The van der Waals surface area contributed by atoms with Crippen molar-refractivity contribution in [2.45, 2.75) is 24.7 Å². The van der Waals surface area contributed by atoms with Crippen LogP contribution in [0, 0.1) is 0 Å². The van der Waals surface area contributed by atoms with Crippen LogP contribution in [0.5, 0.6) is 0 Å². The Morgan fingerprint density at radius 1 is 1.12 bits per heavy atom. The second-order valence-corrected chi connectivity index (χ2v) is 7.57. The number of benzene rings is 2. The summed E-state index contributed by atoms with van der Waals surface area (Å²) >= 11 is 0. The Bertz CT molecular complexity index is 920. The van der Waals surface area contributed by atoms with Gasteiger partial charge in [-0.05, 0) is 43.7 Å². The SMILES string of the molecule is CC(=O)c1ccc(S(=O)(=O)Nc2cccc(N3CCCC3=O)c2)cc1. The van der Waals surface area contributed by atoms with Gasteiger partial charge in [0.15, 0.2) is 5.78 Å². The molecule has 3 rings (SSSR count). The number of anilines is 2. The molecular formula is C18H18N2O4S. The normalized spacial score (nSPS) is 14.6. The van der Waals surface area contributed by atoms with Crippen LogP contribution in [0.15, 0.2) is 53.4 Å². The van der Waals surface area contributed by atoms with E-state index in [-0.39, 0.29) is 16.6 Å². The third-order valence-electron chi connectivity index (χ3n) is 4.05. The first-order valence-corrected chi connectivity index (χ1v) is 9.39. The second-order valence-electron chi connectivity index (χ2n) is 5.89. The number of ketones is 1. The smallest absolute Gasteiger partial charge is 0.261 e. The van der Waals surface area contributed by atoms with Gasteiger partial charge < -0.3 is 4.90 Å². The molecule has 1 aliphatic heterocycles. The highest BCUT2D eigenvalue weighted by molar-refractivity contribution is 7.92. The van der Waals surface area contributed by atoms with Crippen LogP contribution in [0.4, 0.5) is 11.4 Å². The van der Waals surface area contributed by atoms with Gasteiger partial charge in [0, 0.05) is 24.2 Å². The summed E-state index contributed by atoms with van der Waals surface area (Å²) < 4.78 is 27.5. The molecule has 1 N–H and O–H groups in total. The molecule has 1 fully saturated rings. The molecule has 25 heavy (non-hydrogen) atoms. The minimum absolute atomic E-state index is 0.0415. The number of nitrogens with zero attached hydrogens (tertiary/aromatic N) is 1. The minimum Gasteiger partial charge on any atom is -0.312 e. The molecule has 0 unspecified atom stereocenters. The lowest BCUT2D eigenvalue weighted by Crippen LogP contribution is -2.23. The largest absolute Gasteiger partial charge is 0.312 e. The van der Waals surface area contributed by atoms with Crippen LogP contribution < -0.4 is 9.62 Å². The number of carbonyl (C=O) groups excluding carboxylic acids is 2. The molecule has 1 amide bonds. The lowest BCUT2D eigenvalue weighted by molar-refractivity contribution is -0.117. The second kappa shape index (κ2) is 6.68. The molecule has 2 aromatic rings. The maximum Gasteiger partial charge on any atom is 0.261 e. The first-order valence-electron chi connectivity index (χ1n) is 7.91. The molecule has 0 radical (unpaired) electrons. The van der Waals surface area contributed by atoms with Crippen LogP contribution in [0.2, 0.25) is 0 Å². The zero-order chi connectivity index (χ0) is 18.0. The van der Waals surface area contributed by atoms with Gasteiger partial charge in [-0.25, -0.2) is 8.42 Å². The molecule has 0 aliphatic carbocycles. The highest BCUT2D eigenvalue weighted by Crippen LogP contribution is 2.25. The van der Waals surface area contributed by atoms with Crippen LogP contribution in [-0.4, -0.2) is 26.7 Å². The Balaban J connectivity index is 1.83. The summed E-state index contributed by atoms with van der Waals surface area (Å²) in [4.78, 5) is 24.9. The average molecular weight is 358 g/mol. The summed E-state index contributed by atoms with van der Waals surface area (Å²) in [6.07, 6.45) is 1.32. The Kier molecular flexibility index (Phi) is 4.59. The van der Waals surface area contributed by atoms with Crippen LogP contribution in [0.3, 0.4) is 0 Å². The zero-order valence-corrected chi connectivity index (χ0v) is 14.5. The summed E-state index contributed by atoms with van der Waals surface area (Å²) in [6.45, 7) is 2.06. The molecule has 130 valence electrons. The predicted octanol–water partition coefficient (Wildman–Crippen LogP) is 2.82. The Hall–Kier alpha value is -2.67. The number of amides is 1. The Morgan fingerprint density at radius 3 is 2.44 bits per heavy atom. The van der Waals surface area contributed by atoms with Gasteiger partial charge in [0.25, 0.3) is 10.0 Å². The number of hydrogen-bond donors (Lipinski definition) is 1. The summed E-state index contributed by atoms with van der Waals surface area (Å²) in [5, 5.41) is 0. The van der Waals surface area contributed by atoms with Crippen molar-refractivity contribution >= 4 is 33.1 Å². The van der Waals surface area contributed by atoms with Crippen molar-refractivity contribution in [2.75, 3.05) is 16.2 Å². The van der Waals surface area contributed by atoms with Crippen LogP contribution in [0.25, 0.3) is 0 Å². The molecule has 0 saturated carbocycles. The van der Waals surface area contributed by atoms with E-state index in [4.69, 9.17) is 0 Å². The topological polar surface area (TPSA) is 83.6 Å². The maximum atomic E-state index is 12.5. The van der Waals surface area contributed by atoms with Crippen molar-refractivity contribution in [1.82, 2.24) is 0 Å². The van der Waals surface area contributed by atoms with Crippen LogP contribution in [0.1, 0.15) is 30.1 Å². The fourth-order valence-corrected chi connectivity index (χ4v) is 3.79. The zero-order valence-electron chi connectivity index (χ0n) is 13.7. The summed E-state index contributed by atoms with van der Waals surface area (Å²) in [7, 11) is -3.77. The van der Waals surface area contributed by atoms with Crippen molar-refractivity contribution in [2.24, 2.45) is 0 Å². The summed E-state index contributed by atoms with van der Waals surface area (Å²) in [5.74, 6) is -0.0836. The van der Waals surface area contributed by atoms with Gasteiger partial charge in [0.05, 0.1) is 10.6 Å². The molecule has 0 aromatic heterocycles. The van der Waals surface area contributed by atoms with Gasteiger partial charge in [-0.2, -0.15) is 0 Å². The number of Topliss-reactive ketones (excluding diaryl/α,β-unsaturated/α-hetero) is 1. The first-order chi connectivity index (χ1) is 11.9. The fourth-order valence-electron chi connectivity index (χ4n) is 2.74. The van der Waals surface area contributed by atoms with E-state index in [2.05, 4.69) is 4.72 Å². The van der Waals surface area contributed by atoms with Crippen molar-refractivity contribution in [1.29, 1.82) is 0 Å². The molecule has 1 saturated heterocycles. The number of rotatable bonds is 5. The minimum atomic E-state index is -3.77. The molecule has 7 heteroatoms. The third-order valence-corrected chi connectivity index (χ3v) is 5.45. The molecule has 0 spiro atoms. The van der Waals surface area contributed by atoms with Crippen LogP contribution >= 0.6 is 0 Å². The maximum absolute atomic E-state index is 12.5. The quantitative estimate of drug-likeness (QED) is 0.833. The molecule has 1 aliphatic rings. The van der Waals surface area contributed by atoms with Crippen molar-refractivity contribution in [3.05, 3.63) is 54.1 Å². The van der Waals surface area contributed by atoms with Gasteiger partial charge in [0.1, 0.15) is 0 Å². The van der Waals surface area contributed by atoms with E-state index in [1.807, 2.05) is 0 Å². The number of nitrogens with one attached hydrogen (secondary N) is 1. The molecule has 1 heterocycles. The highest BCUT2D eigenvalue weighted by atomic mass is 32.2. The van der Waals surface area contributed by atoms with E-state index >= 15 is 0 Å². The summed E-state index contributed by atoms with van der Waals surface area (Å²) in [5.41, 5.74) is 1.51. The molecule has 6 nitrogen and oxygen atoms in total. The lowest BCUT2D eigenvalue weighted by Gasteiger charge is -2.17. The molecule has 2 aromatic carbocycles. The number of carbonyl (C=O) groups is 2. The Morgan fingerprint density at radius 2 is 1.84 bits per heavy atom. The predicted molar refractivity (Wildman–Crippen MR) is 95.3 cm³/mol. The highest BCUT2D eigenvalue weighted by Gasteiger charge is 2.22. The van der Waals surface area contributed by atoms with Gasteiger partial charge in [0.2, 0.25) is 5.91 Å². The average Bonchev–Trinajstić information content (AvgIpc) is 3.01. The molecular weight excluding hydrogens is 340 g/mol. The summed E-state index contributed by atoms with van der Waals surface area (Å²) in [6, 6.07) is 12.5. The van der Waals surface area contributed by atoms with E-state index in [0.717, 1.165) is 6.42 Å². The van der Waals surface area contributed by atoms with E-state index in [0.29, 0.717) is 29.9 Å². The van der Waals surface area contributed by atoms with Gasteiger partial charge >= 0.3 is 0 Å². The monoisotopic (exact) mass is 358 g/mol. The first kappa shape index (κ1) is 17.2. The van der Waals surface area contributed by atoms with Crippen molar-refractivity contribution < 1.29 is 18.0 Å². The Labute approximate surface area is 146 Å². The fraction of sp³-hybridized carbons (Fsp3) is 0.222. The van der Waals surface area contributed by atoms with Crippen molar-refractivity contribution in [3.8, 4) is 0 Å². The van der Waals surface area contributed by atoms with Gasteiger partial charge in [-0.15, -0.1) is 0 Å². The lowest BCUT2D eigenvalue weighted by atomic mass is 10.2. The van der Waals surface area contributed by atoms with Gasteiger partial charge in [-0.1, -0.05) is 18.2 Å². The third kappa shape index (κ3) is 3.71. The van der Waals surface area contributed by atoms with E-state index < -0.39 is 10.0 Å². The standard InChI is InChI=1S/C18H18N2O4S/c1-13(21)14-7-9-17(10-8-14)25(23,24)19-15-4-2-5-16(12-15)20-11-3-6-18(20)22/h2,4-5,7-10,12,19H,3,6,11H2,1H3. The molecule has 0 bridgehead atoms. The molecule has 0 atom stereocenters.